The van der Waals surface area contributed by atoms with E-state index in [1.54, 1.807) is 72.8 Å². The second-order valence-electron chi connectivity index (χ2n) is 9.73. The maximum absolute atomic E-state index is 13.7. The summed E-state index contributed by atoms with van der Waals surface area (Å²) < 4.78 is 28.5. The van der Waals surface area contributed by atoms with Crippen LogP contribution >= 0.6 is 11.8 Å². The topological polar surface area (TPSA) is 183 Å². The van der Waals surface area contributed by atoms with Crippen molar-refractivity contribution < 1.29 is 27.9 Å². The van der Waals surface area contributed by atoms with E-state index in [4.69, 9.17) is 16.2 Å². The quantitative estimate of drug-likeness (QED) is 0.153. The number of hydrogen-bond acceptors (Lipinski definition) is 7. The Morgan fingerprint density at radius 2 is 1.71 bits per heavy atom. The number of nitrogen functional groups attached to an aromatic ring is 1. The molecule has 0 bridgehead atoms. The molecule has 3 aromatic carbocycles. The van der Waals surface area contributed by atoms with Gasteiger partial charge in [-0.05, 0) is 35.2 Å². The van der Waals surface area contributed by atoms with Crippen LogP contribution in [-0.4, -0.2) is 55.5 Å². The molecule has 0 saturated carbocycles. The zero-order chi connectivity index (χ0) is 30.3. The minimum atomic E-state index is -3.91. The number of carbonyl (C=O) groups excluding carboxylic acids is 2. The maximum atomic E-state index is 13.7. The molecule has 1 heterocycles. The Morgan fingerprint density at radius 3 is 2.38 bits per heavy atom. The number of carboxylic acid groups (broad SMARTS) is 1. The maximum Gasteiger partial charge on any atom is 0.303 e. The van der Waals surface area contributed by atoms with Gasteiger partial charge in [-0.25, -0.2) is 13.1 Å². The van der Waals surface area contributed by atoms with Crippen LogP contribution in [0.1, 0.15) is 28.7 Å². The van der Waals surface area contributed by atoms with Gasteiger partial charge >= 0.3 is 5.97 Å². The number of aryl methyl sites for hydroxylation is 1. The van der Waals surface area contributed by atoms with Crippen molar-refractivity contribution >= 4 is 51.1 Å². The molecule has 0 unspecified atom stereocenters. The number of fused-ring (bicyclic) bond motifs is 1. The third-order valence-corrected chi connectivity index (χ3v) is 8.98. The first-order valence-corrected chi connectivity index (χ1v) is 15.7. The number of carbonyl (C=O) groups is 3. The lowest BCUT2D eigenvalue weighted by Crippen LogP contribution is -2.51. The van der Waals surface area contributed by atoms with Gasteiger partial charge in [-0.1, -0.05) is 60.7 Å². The van der Waals surface area contributed by atoms with Crippen LogP contribution in [0.15, 0.2) is 77.7 Å². The van der Waals surface area contributed by atoms with Gasteiger partial charge < -0.3 is 21.1 Å². The molecule has 3 aromatic rings. The molecule has 13 heteroatoms. The molecule has 1 aliphatic heterocycles. The fourth-order valence-electron chi connectivity index (χ4n) is 4.36. The zero-order valence-electron chi connectivity index (χ0n) is 22.6. The van der Waals surface area contributed by atoms with Crippen molar-refractivity contribution in [3.8, 4) is 0 Å². The molecule has 220 valence electrons. The Bertz CT molecular complexity index is 1580. The summed E-state index contributed by atoms with van der Waals surface area (Å²) >= 11 is 1.27. The molecule has 1 atom stereocenters. The van der Waals surface area contributed by atoms with E-state index >= 15 is 0 Å². The number of nitrogens with one attached hydrogen (secondary N) is 3. The van der Waals surface area contributed by atoms with Crippen LogP contribution in [-0.2, 0) is 43.1 Å². The molecule has 2 amide bonds. The number of nitrogens with two attached hydrogens (primary N) is 1. The fourth-order valence-corrected chi connectivity index (χ4v) is 6.93. The summed E-state index contributed by atoms with van der Waals surface area (Å²) in [5.41, 5.74) is 8.56. The normalized spacial score (nSPS) is 15.0. The summed E-state index contributed by atoms with van der Waals surface area (Å²) in [5, 5.41) is 19.3. The lowest BCUT2D eigenvalue weighted by Gasteiger charge is -2.25. The second-order valence-corrected chi connectivity index (χ2v) is 12.5. The number of benzene rings is 3. The molecule has 0 aromatic heterocycles. The van der Waals surface area contributed by atoms with Gasteiger partial charge in [-0.3, -0.25) is 19.8 Å². The summed E-state index contributed by atoms with van der Waals surface area (Å²) in [6.45, 7) is -0.189. The standard InChI is InChI=1S/C29H31N5O6S2/c30-28(31)22-10-6-20(7-11-22)15-32-26(35)16-34-24-12-8-19(9-13-27(36)37)14-25(24)41-17-23(29(34)38)33-42(39,40)18-21-4-2-1-3-5-21/h1-8,10-12,14,23,33H,9,13,15-18H2,(H3,30,31)(H,32,35)(H,36,37)/t23-/m1/s1. The van der Waals surface area contributed by atoms with Crippen LogP contribution in [0.5, 0.6) is 0 Å². The highest BCUT2D eigenvalue weighted by molar-refractivity contribution is 7.99. The third kappa shape index (κ3) is 8.41. The Balaban J connectivity index is 1.54. The molecule has 0 saturated heterocycles. The van der Waals surface area contributed by atoms with Gasteiger partial charge in [0, 0.05) is 29.2 Å². The van der Waals surface area contributed by atoms with Crippen LogP contribution in [0.2, 0.25) is 0 Å². The van der Waals surface area contributed by atoms with Crippen molar-refractivity contribution in [2.75, 3.05) is 17.2 Å². The summed E-state index contributed by atoms with van der Waals surface area (Å²) in [6.07, 6.45) is 0.219. The minimum absolute atomic E-state index is 0.0657. The number of hydrogen-bond donors (Lipinski definition) is 5. The van der Waals surface area contributed by atoms with E-state index in [9.17, 15) is 22.8 Å². The Kier molecular flexibility index (Phi) is 9.99. The van der Waals surface area contributed by atoms with Crippen LogP contribution in [0.4, 0.5) is 5.69 Å². The van der Waals surface area contributed by atoms with E-state index in [-0.39, 0.29) is 43.3 Å². The third-order valence-electron chi connectivity index (χ3n) is 6.49. The number of amidine groups is 1. The van der Waals surface area contributed by atoms with E-state index in [0.29, 0.717) is 21.7 Å². The Hall–Kier alpha value is -4.20. The monoisotopic (exact) mass is 609 g/mol. The molecule has 0 aliphatic carbocycles. The predicted molar refractivity (Wildman–Crippen MR) is 161 cm³/mol. The van der Waals surface area contributed by atoms with Gasteiger partial charge in [0.15, 0.2) is 0 Å². The lowest BCUT2D eigenvalue weighted by molar-refractivity contribution is -0.137. The molecule has 11 nitrogen and oxygen atoms in total. The molecular formula is C29H31N5O6S2. The summed E-state index contributed by atoms with van der Waals surface area (Å²) in [5.74, 6) is -2.26. The molecule has 42 heavy (non-hydrogen) atoms. The first kappa shape index (κ1) is 30.8. The van der Waals surface area contributed by atoms with Gasteiger partial charge in [0.1, 0.15) is 18.4 Å². The van der Waals surface area contributed by atoms with Gasteiger partial charge in [0.25, 0.3) is 0 Å². The molecular weight excluding hydrogens is 578 g/mol. The van der Waals surface area contributed by atoms with Crippen LogP contribution in [0.25, 0.3) is 0 Å². The largest absolute Gasteiger partial charge is 0.481 e. The number of rotatable bonds is 12. The highest BCUT2D eigenvalue weighted by atomic mass is 32.2. The first-order valence-electron chi connectivity index (χ1n) is 13.0. The highest BCUT2D eigenvalue weighted by Gasteiger charge is 2.34. The number of thioether (sulfide) groups is 1. The van der Waals surface area contributed by atoms with Crippen LogP contribution < -0.4 is 20.7 Å². The first-order chi connectivity index (χ1) is 20.0. The van der Waals surface area contributed by atoms with E-state index in [1.807, 2.05) is 0 Å². The molecule has 0 spiro atoms. The van der Waals surface area contributed by atoms with Gasteiger partial charge in [-0.2, -0.15) is 0 Å². The van der Waals surface area contributed by atoms with E-state index in [0.717, 1.165) is 11.1 Å². The molecule has 4 rings (SSSR count). The smallest absolute Gasteiger partial charge is 0.303 e. The average Bonchev–Trinajstić information content (AvgIpc) is 3.07. The van der Waals surface area contributed by atoms with E-state index in [1.165, 1.54) is 16.7 Å². The number of sulfonamides is 1. The van der Waals surface area contributed by atoms with Crippen molar-refractivity contribution in [3.63, 3.8) is 0 Å². The predicted octanol–water partition coefficient (Wildman–Crippen LogP) is 2.23. The van der Waals surface area contributed by atoms with Crippen molar-refractivity contribution in [1.82, 2.24) is 10.0 Å². The number of amides is 2. The summed E-state index contributed by atoms with van der Waals surface area (Å²) in [7, 11) is -3.91. The van der Waals surface area contributed by atoms with Crippen molar-refractivity contribution in [2.24, 2.45) is 5.73 Å². The second kappa shape index (κ2) is 13.6. The van der Waals surface area contributed by atoms with Gasteiger partial charge in [0.05, 0.1) is 11.4 Å². The van der Waals surface area contributed by atoms with E-state index in [2.05, 4.69) is 10.0 Å². The minimum Gasteiger partial charge on any atom is -0.481 e. The average molecular weight is 610 g/mol. The Labute approximate surface area is 248 Å². The van der Waals surface area contributed by atoms with E-state index < -0.39 is 33.8 Å². The number of carboxylic acids is 1. The SMILES string of the molecule is N=C(N)c1ccc(CNC(=O)CN2C(=O)[C@H](NS(=O)(=O)Cc3ccccc3)CSc3cc(CCC(=O)O)ccc32)cc1. The molecule has 1 aliphatic rings. The molecule has 0 radical (unpaired) electrons. The van der Waals surface area contributed by atoms with Crippen LogP contribution in [0, 0.1) is 5.41 Å². The summed E-state index contributed by atoms with van der Waals surface area (Å²) in [6, 6.07) is 19.4. The van der Waals surface area contributed by atoms with Gasteiger partial charge in [0.2, 0.25) is 21.8 Å². The molecule has 6 N–H and O–H groups in total. The fraction of sp³-hybridized carbons (Fsp3) is 0.241. The van der Waals surface area contributed by atoms with Crippen molar-refractivity contribution in [1.29, 1.82) is 5.41 Å². The number of aliphatic carboxylic acids is 1. The van der Waals surface area contributed by atoms with Gasteiger partial charge in [-0.15, -0.1) is 11.8 Å². The van der Waals surface area contributed by atoms with Crippen LogP contribution in [0.3, 0.4) is 0 Å². The van der Waals surface area contributed by atoms with Crippen molar-refractivity contribution in [3.05, 3.63) is 95.1 Å². The highest BCUT2D eigenvalue weighted by Crippen LogP contribution is 2.35. The molecule has 0 fully saturated rings. The lowest BCUT2D eigenvalue weighted by atomic mass is 10.1. The van der Waals surface area contributed by atoms with Crippen molar-refractivity contribution in [2.45, 2.75) is 36.1 Å². The Morgan fingerprint density at radius 1 is 1.02 bits per heavy atom. The summed E-state index contributed by atoms with van der Waals surface area (Å²) in [4.78, 5) is 39.8. The number of anilines is 1. The number of nitrogens with zero attached hydrogens (tertiary/aromatic N) is 1. The zero-order valence-corrected chi connectivity index (χ0v) is 24.2.